The van der Waals surface area contributed by atoms with Gasteiger partial charge in [0.1, 0.15) is 5.54 Å². The SMILES string of the molecule is Cc1nc(C2(NC(=O)Nc3ccc(Cl)cc3)CCCC2)no1. The van der Waals surface area contributed by atoms with Crippen LogP contribution in [0.4, 0.5) is 10.5 Å². The third-order valence-corrected chi connectivity index (χ3v) is 4.12. The van der Waals surface area contributed by atoms with Crippen molar-refractivity contribution in [3.8, 4) is 0 Å². The van der Waals surface area contributed by atoms with E-state index >= 15 is 0 Å². The molecule has 1 heterocycles. The van der Waals surface area contributed by atoms with Crippen LogP contribution in [0.1, 0.15) is 37.4 Å². The van der Waals surface area contributed by atoms with Gasteiger partial charge in [-0.25, -0.2) is 4.79 Å². The van der Waals surface area contributed by atoms with Gasteiger partial charge in [0.05, 0.1) is 0 Å². The predicted molar refractivity (Wildman–Crippen MR) is 82.8 cm³/mol. The largest absolute Gasteiger partial charge is 0.340 e. The van der Waals surface area contributed by atoms with Crippen LogP contribution in [0.15, 0.2) is 28.8 Å². The fourth-order valence-corrected chi connectivity index (χ4v) is 2.92. The monoisotopic (exact) mass is 320 g/mol. The Hall–Kier alpha value is -2.08. The summed E-state index contributed by atoms with van der Waals surface area (Å²) < 4.78 is 5.07. The zero-order valence-electron chi connectivity index (χ0n) is 12.2. The minimum absolute atomic E-state index is 0.285. The lowest BCUT2D eigenvalue weighted by molar-refractivity contribution is 0.232. The summed E-state index contributed by atoms with van der Waals surface area (Å²) in [6.45, 7) is 1.74. The molecule has 22 heavy (non-hydrogen) atoms. The van der Waals surface area contributed by atoms with Gasteiger partial charge in [-0.05, 0) is 37.1 Å². The molecule has 1 aliphatic carbocycles. The first-order chi connectivity index (χ1) is 10.6. The van der Waals surface area contributed by atoms with E-state index in [2.05, 4.69) is 20.8 Å². The topological polar surface area (TPSA) is 80.0 Å². The normalized spacial score (nSPS) is 16.5. The maximum absolute atomic E-state index is 12.3. The van der Waals surface area contributed by atoms with E-state index in [0.29, 0.717) is 22.4 Å². The highest BCUT2D eigenvalue weighted by molar-refractivity contribution is 6.30. The van der Waals surface area contributed by atoms with Crippen molar-refractivity contribution in [3.63, 3.8) is 0 Å². The standard InChI is InChI=1S/C15H17ClN4O2/c1-10-17-13(20-22-10)15(8-2-3-9-15)19-14(21)18-12-6-4-11(16)5-7-12/h4-7H,2-3,8-9H2,1H3,(H2,18,19,21). The highest BCUT2D eigenvalue weighted by atomic mass is 35.5. The number of anilines is 1. The molecule has 1 aliphatic rings. The molecular weight excluding hydrogens is 304 g/mol. The molecule has 116 valence electrons. The molecule has 0 unspecified atom stereocenters. The molecule has 0 bridgehead atoms. The highest BCUT2D eigenvalue weighted by Crippen LogP contribution is 2.37. The Labute approximate surface area is 133 Å². The maximum atomic E-state index is 12.3. The summed E-state index contributed by atoms with van der Waals surface area (Å²) >= 11 is 5.83. The summed E-state index contributed by atoms with van der Waals surface area (Å²) in [5.74, 6) is 1.05. The van der Waals surface area contributed by atoms with Crippen molar-refractivity contribution in [3.05, 3.63) is 41.0 Å². The van der Waals surface area contributed by atoms with Gasteiger partial charge >= 0.3 is 6.03 Å². The number of nitrogens with one attached hydrogen (secondary N) is 2. The summed E-state index contributed by atoms with van der Waals surface area (Å²) in [7, 11) is 0. The number of urea groups is 1. The van der Waals surface area contributed by atoms with Crippen molar-refractivity contribution in [1.82, 2.24) is 15.5 Å². The second-order valence-corrected chi connectivity index (χ2v) is 5.95. The van der Waals surface area contributed by atoms with E-state index in [0.717, 1.165) is 25.7 Å². The molecule has 6 nitrogen and oxygen atoms in total. The molecule has 3 rings (SSSR count). The third kappa shape index (κ3) is 3.06. The first kappa shape index (κ1) is 14.8. The van der Waals surface area contributed by atoms with Crippen LogP contribution in [0.5, 0.6) is 0 Å². The molecule has 7 heteroatoms. The molecule has 2 amide bonds. The molecule has 0 saturated heterocycles. The first-order valence-electron chi connectivity index (χ1n) is 7.23. The van der Waals surface area contributed by atoms with E-state index < -0.39 is 5.54 Å². The number of nitrogens with zero attached hydrogens (tertiary/aromatic N) is 2. The summed E-state index contributed by atoms with van der Waals surface area (Å²) in [6.07, 6.45) is 3.66. The minimum atomic E-state index is -0.547. The van der Waals surface area contributed by atoms with Crippen LogP contribution in [0.25, 0.3) is 0 Å². The fourth-order valence-electron chi connectivity index (χ4n) is 2.79. The molecule has 0 aliphatic heterocycles. The van der Waals surface area contributed by atoms with Crippen LogP contribution in [0.2, 0.25) is 5.02 Å². The second-order valence-electron chi connectivity index (χ2n) is 5.51. The van der Waals surface area contributed by atoms with Crippen molar-refractivity contribution < 1.29 is 9.32 Å². The van der Waals surface area contributed by atoms with E-state index in [-0.39, 0.29) is 6.03 Å². The Bertz CT molecular complexity index is 662. The lowest BCUT2D eigenvalue weighted by Gasteiger charge is -2.26. The molecule has 0 atom stereocenters. The fraction of sp³-hybridized carbons (Fsp3) is 0.400. The average molecular weight is 321 g/mol. The van der Waals surface area contributed by atoms with Crippen LogP contribution in [-0.4, -0.2) is 16.2 Å². The Morgan fingerprint density at radius 1 is 1.27 bits per heavy atom. The van der Waals surface area contributed by atoms with Crippen LogP contribution in [0.3, 0.4) is 0 Å². The van der Waals surface area contributed by atoms with Gasteiger partial charge in [0, 0.05) is 17.6 Å². The van der Waals surface area contributed by atoms with Gasteiger partial charge in [-0.3, -0.25) is 0 Å². The Balaban J connectivity index is 1.74. The number of aromatic nitrogens is 2. The van der Waals surface area contributed by atoms with Crippen LogP contribution in [-0.2, 0) is 5.54 Å². The number of benzene rings is 1. The van der Waals surface area contributed by atoms with Crippen LogP contribution in [0, 0.1) is 6.92 Å². The molecule has 0 radical (unpaired) electrons. The predicted octanol–water partition coefficient (Wildman–Crippen LogP) is 3.62. The molecular formula is C15H17ClN4O2. The molecule has 2 aromatic rings. The second kappa shape index (κ2) is 5.96. The average Bonchev–Trinajstić information content (AvgIpc) is 3.11. The molecule has 1 saturated carbocycles. The summed E-state index contributed by atoms with van der Waals surface area (Å²) in [6, 6.07) is 6.67. The van der Waals surface area contributed by atoms with E-state index in [4.69, 9.17) is 16.1 Å². The zero-order valence-corrected chi connectivity index (χ0v) is 13.0. The van der Waals surface area contributed by atoms with Gasteiger partial charge < -0.3 is 15.2 Å². The smallest absolute Gasteiger partial charge is 0.320 e. The number of halogens is 1. The van der Waals surface area contributed by atoms with E-state index in [1.165, 1.54) is 0 Å². The lowest BCUT2D eigenvalue weighted by atomic mass is 9.97. The Morgan fingerprint density at radius 3 is 2.55 bits per heavy atom. The Morgan fingerprint density at radius 2 is 1.95 bits per heavy atom. The van der Waals surface area contributed by atoms with Gasteiger partial charge in [-0.1, -0.05) is 29.6 Å². The quantitative estimate of drug-likeness (QED) is 0.905. The number of carbonyl (C=O) groups excluding carboxylic acids is 1. The van der Waals surface area contributed by atoms with Crippen molar-refractivity contribution in [2.24, 2.45) is 0 Å². The van der Waals surface area contributed by atoms with Gasteiger partial charge in [0.2, 0.25) is 5.89 Å². The maximum Gasteiger partial charge on any atom is 0.320 e. The van der Waals surface area contributed by atoms with Crippen molar-refractivity contribution >= 4 is 23.3 Å². The van der Waals surface area contributed by atoms with E-state index in [1.54, 1.807) is 31.2 Å². The van der Waals surface area contributed by atoms with Crippen molar-refractivity contribution in [2.75, 3.05) is 5.32 Å². The van der Waals surface area contributed by atoms with Crippen LogP contribution >= 0.6 is 11.6 Å². The van der Waals surface area contributed by atoms with Gasteiger partial charge in [0.25, 0.3) is 0 Å². The van der Waals surface area contributed by atoms with Gasteiger partial charge in [0.15, 0.2) is 5.82 Å². The molecule has 1 aromatic heterocycles. The van der Waals surface area contributed by atoms with Crippen molar-refractivity contribution in [2.45, 2.75) is 38.1 Å². The molecule has 1 fully saturated rings. The molecule has 2 N–H and O–H groups in total. The number of aryl methyl sites for hydroxylation is 1. The zero-order chi connectivity index (χ0) is 15.6. The highest BCUT2D eigenvalue weighted by Gasteiger charge is 2.41. The van der Waals surface area contributed by atoms with Gasteiger partial charge in [-0.2, -0.15) is 4.98 Å². The molecule has 1 aromatic carbocycles. The van der Waals surface area contributed by atoms with Gasteiger partial charge in [-0.15, -0.1) is 0 Å². The summed E-state index contributed by atoms with van der Waals surface area (Å²) in [5.41, 5.74) is 0.133. The number of amides is 2. The number of hydrogen-bond acceptors (Lipinski definition) is 4. The summed E-state index contributed by atoms with van der Waals surface area (Å²) in [5, 5.41) is 10.4. The van der Waals surface area contributed by atoms with E-state index in [1.807, 2.05) is 0 Å². The number of carbonyl (C=O) groups is 1. The summed E-state index contributed by atoms with van der Waals surface area (Å²) in [4.78, 5) is 16.6. The number of hydrogen-bond donors (Lipinski definition) is 2. The van der Waals surface area contributed by atoms with Crippen molar-refractivity contribution in [1.29, 1.82) is 0 Å². The molecule has 0 spiro atoms. The Kier molecular flexibility index (Phi) is 4.02. The first-order valence-corrected chi connectivity index (χ1v) is 7.61. The number of rotatable bonds is 3. The third-order valence-electron chi connectivity index (χ3n) is 3.87. The lowest BCUT2D eigenvalue weighted by Crippen LogP contribution is -2.46. The minimum Gasteiger partial charge on any atom is -0.340 e. The van der Waals surface area contributed by atoms with E-state index in [9.17, 15) is 4.79 Å². The van der Waals surface area contributed by atoms with Crippen LogP contribution < -0.4 is 10.6 Å².